The Morgan fingerprint density at radius 3 is 1.59 bits per heavy atom. The molecule has 0 aromatic carbocycles. The normalized spacial score (nSPS) is 8.53. The van der Waals surface area contributed by atoms with Crippen molar-refractivity contribution in [2.45, 2.75) is 41.5 Å². The molecule has 1 nitrogen and oxygen atoms in total. The summed E-state index contributed by atoms with van der Waals surface area (Å²) in [6.45, 7) is 19.0. The van der Waals surface area contributed by atoms with Gasteiger partial charge in [-0.1, -0.05) is 79.0 Å². The molecule has 0 aliphatic heterocycles. The predicted molar refractivity (Wildman–Crippen MR) is 82.5 cm³/mol. The third-order valence-electron chi connectivity index (χ3n) is 0.953. The third kappa shape index (κ3) is 31.3. The van der Waals surface area contributed by atoms with Crippen LogP contribution in [0.15, 0.2) is 49.1 Å². The lowest BCUT2D eigenvalue weighted by molar-refractivity contribution is -0.107. The summed E-state index contributed by atoms with van der Waals surface area (Å²) >= 11 is 5.07. The second-order valence-corrected chi connectivity index (χ2v) is 2.12. The Hall–Kier alpha value is -1.08. The van der Waals surface area contributed by atoms with E-state index in [1.54, 1.807) is 24.3 Å². The van der Waals surface area contributed by atoms with Crippen molar-refractivity contribution in [1.82, 2.24) is 0 Å². The van der Waals surface area contributed by atoms with Crippen LogP contribution in [0.2, 0.25) is 0 Å². The summed E-state index contributed by atoms with van der Waals surface area (Å²) in [5.74, 6) is 0. The van der Waals surface area contributed by atoms with Crippen LogP contribution < -0.4 is 0 Å². The molecule has 0 fully saturated rings. The molecule has 0 aliphatic rings. The average molecular weight is 259 g/mol. The minimum Gasteiger partial charge on any atom is -0.276 e. The van der Waals surface area contributed by atoms with E-state index >= 15 is 0 Å². The lowest BCUT2D eigenvalue weighted by Crippen LogP contribution is -1.76. The molecule has 0 spiro atoms. The van der Waals surface area contributed by atoms with Crippen molar-refractivity contribution in [3.63, 3.8) is 0 Å². The summed E-state index contributed by atoms with van der Waals surface area (Å²) in [5, 5.41) is -0.498. The fraction of sp³-hybridized carbons (Fsp3) is 0.400. The number of rotatable bonds is 4. The van der Waals surface area contributed by atoms with Crippen molar-refractivity contribution in [2.75, 3.05) is 0 Å². The molecule has 0 N–H and O–H groups in total. The predicted octanol–water partition coefficient (Wildman–Crippen LogP) is 5.69. The zero-order chi connectivity index (χ0) is 14.7. The van der Waals surface area contributed by atoms with Gasteiger partial charge < -0.3 is 0 Å². The molecule has 0 rings (SSSR count). The van der Waals surface area contributed by atoms with E-state index in [1.165, 1.54) is 6.08 Å². The SMILES string of the molecule is C=C/C=C(C=C)/C=C/C(=O)Cl.CC.CC.CC. The van der Waals surface area contributed by atoms with Gasteiger partial charge in [-0.05, 0) is 23.3 Å². The van der Waals surface area contributed by atoms with Gasteiger partial charge in [0.25, 0.3) is 0 Å². The van der Waals surface area contributed by atoms with Crippen molar-refractivity contribution in [1.29, 1.82) is 0 Å². The Bertz CT molecular complexity index is 225. The van der Waals surface area contributed by atoms with Crippen molar-refractivity contribution < 1.29 is 4.79 Å². The topological polar surface area (TPSA) is 17.1 Å². The molecule has 0 unspecified atom stereocenters. The second kappa shape index (κ2) is 29.4. The van der Waals surface area contributed by atoms with Gasteiger partial charge in [0, 0.05) is 0 Å². The summed E-state index contributed by atoms with van der Waals surface area (Å²) in [5.41, 5.74) is 0.800. The summed E-state index contributed by atoms with van der Waals surface area (Å²) < 4.78 is 0. The van der Waals surface area contributed by atoms with Gasteiger partial charge in [-0.25, -0.2) is 0 Å². The second-order valence-electron chi connectivity index (χ2n) is 1.74. The van der Waals surface area contributed by atoms with Gasteiger partial charge in [0.15, 0.2) is 0 Å². The van der Waals surface area contributed by atoms with Crippen LogP contribution in [0.25, 0.3) is 0 Å². The molecule has 0 aromatic rings. The molecule has 0 radical (unpaired) electrons. The quantitative estimate of drug-likeness (QED) is 0.360. The van der Waals surface area contributed by atoms with E-state index in [0.29, 0.717) is 0 Å². The Morgan fingerprint density at radius 1 is 0.941 bits per heavy atom. The number of hydrogen-bond donors (Lipinski definition) is 0. The van der Waals surface area contributed by atoms with Crippen LogP contribution in [0, 0.1) is 0 Å². The van der Waals surface area contributed by atoms with Gasteiger partial charge in [-0.3, -0.25) is 4.79 Å². The Morgan fingerprint density at radius 2 is 1.35 bits per heavy atom. The molecule has 0 saturated heterocycles. The minimum absolute atomic E-state index is 0.498. The molecule has 17 heavy (non-hydrogen) atoms. The number of halogens is 1. The molecule has 0 aliphatic carbocycles. The average Bonchev–Trinajstić information content (AvgIpc) is 2.41. The van der Waals surface area contributed by atoms with E-state index < -0.39 is 5.24 Å². The largest absolute Gasteiger partial charge is 0.276 e. The Kier molecular flexibility index (Phi) is 43.1. The van der Waals surface area contributed by atoms with Gasteiger partial charge in [0.05, 0.1) is 0 Å². The molecule has 0 bridgehead atoms. The first-order valence-corrected chi connectivity index (χ1v) is 6.41. The lowest BCUT2D eigenvalue weighted by atomic mass is 10.2. The number of carbonyl (C=O) groups is 1. The highest BCUT2D eigenvalue weighted by Gasteiger charge is 1.85. The maximum atomic E-state index is 10.3. The first kappa shape index (κ1) is 24.9. The molecule has 0 saturated carbocycles. The van der Waals surface area contributed by atoms with Crippen LogP contribution in [0.1, 0.15) is 41.5 Å². The summed E-state index contributed by atoms with van der Waals surface area (Å²) in [6, 6.07) is 0. The third-order valence-corrected chi connectivity index (χ3v) is 1.08. The van der Waals surface area contributed by atoms with Gasteiger partial charge in [-0.15, -0.1) is 0 Å². The van der Waals surface area contributed by atoms with Crippen LogP contribution in [0.5, 0.6) is 0 Å². The summed E-state index contributed by atoms with van der Waals surface area (Å²) in [7, 11) is 0. The number of carbonyl (C=O) groups excluding carboxylic acids is 1. The van der Waals surface area contributed by atoms with Crippen LogP contribution >= 0.6 is 11.6 Å². The fourth-order valence-corrected chi connectivity index (χ4v) is 0.552. The Balaban J connectivity index is -0.000000121. The fourth-order valence-electron chi connectivity index (χ4n) is 0.489. The van der Waals surface area contributed by atoms with Crippen LogP contribution in [-0.2, 0) is 4.79 Å². The van der Waals surface area contributed by atoms with Gasteiger partial charge >= 0.3 is 0 Å². The summed E-state index contributed by atoms with van der Waals surface area (Å²) in [6.07, 6.45) is 7.78. The van der Waals surface area contributed by atoms with Crippen molar-refractivity contribution >= 4 is 16.8 Å². The van der Waals surface area contributed by atoms with Gasteiger partial charge in [0.1, 0.15) is 0 Å². The molecule has 0 aromatic heterocycles. The Labute approximate surface area is 113 Å². The lowest BCUT2D eigenvalue weighted by Gasteiger charge is -1.86. The monoisotopic (exact) mass is 258 g/mol. The van der Waals surface area contributed by atoms with Crippen LogP contribution in [0.4, 0.5) is 0 Å². The molecular weight excluding hydrogens is 232 g/mol. The maximum absolute atomic E-state index is 10.3. The van der Waals surface area contributed by atoms with Crippen molar-refractivity contribution in [3.05, 3.63) is 49.1 Å². The van der Waals surface area contributed by atoms with Crippen LogP contribution in [-0.4, -0.2) is 5.24 Å². The molecular formula is C15H27ClO. The van der Waals surface area contributed by atoms with E-state index in [9.17, 15) is 4.79 Å². The standard InChI is InChI=1S/C9H9ClO.3C2H6/c1-3-5-8(4-2)6-7-9(10)11;3*1-2/h3-7H,1-2H2;3*1-2H3/b7-6+,8-5+;;;. The maximum Gasteiger partial charge on any atom is 0.245 e. The molecule has 0 amide bonds. The minimum atomic E-state index is -0.498. The zero-order valence-electron chi connectivity index (χ0n) is 12.1. The highest BCUT2D eigenvalue weighted by Crippen LogP contribution is 1.98. The summed E-state index contributed by atoms with van der Waals surface area (Å²) in [4.78, 5) is 10.3. The van der Waals surface area contributed by atoms with Crippen molar-refractivity contribution in [2.24, 2.45) is 0 Å². The van der Waals surface area contributed by atoms with E-state index in [4.69, 9.17) is 11.6 Å². The molecule has 0 atom stereocenters. The highest BCUT2D eigenvalue weighted by molar-refractivity contribution is 6.66. The van der Waals surface area contributed by atoms with Gasteiger partial charge in [0.2, 0.25) is 5.24 Å². The number of hydrogen-bond acceptors (Lipinski definition) is 1. The van der Waals surface area contributed by atoms with E-state index in [0.717, 1.165) is 5.57 Å². The number of allylic oxidation sites excluding steroid dienone is 6. The smallest absolute Gasteiger partial charge is 0.245 e. The van der Waals surface area contributed by atoms with Crippen LogP contribution in [0.3, 0.4) is 0 Å². The molecule has 2 heteroatoms. The first-order chi connectivity index (χ1) is 8.20. The molecule has 0 heterocycles. The zero-order valence-corrected chi connectivity index (χ0v) is 12.8. The van der Waals surface area contributed by atoms with Crippen molar-refractivity contribution in [3.8, 4) is 0 Å². The van der Waals surface area contributed by atoms with Gasteiger partial charge in [-0.2, -0.15) is 0 Å². The highest BCUT2D eigenvalue weighted by atomic mass is 35.5. The van der Waals surface area contributed by atoms with E-state index in [1.807, 2.05) is 41.5 Å². The van der Waals surface area contributed by atoms with E-state index in [2.05, 4.69) is 13.2 Å². The molecule has 100 valence electrons. The van der Waals surface area contributed by atoms with E-state index in [-0.39, 0.29) is 0 Å². The first-order valence-electron chi connectivity index (χ1n) is 6.03.